The van der Waals surface area contributed by atoms with Crippen molar-refractivity contribution in [3.63, 3.8) is 0 Å². The van der Waals surface area contributed by atoms with E-state index in [0.717, 1.165) is 12.1 Å². The molecular formula is C19H16FNO3. The largest absolute Gasteiger partial charge is 0.465 e. The number of ether oxygens (including phenoxy) is 1. The highest BCUT2D eigenvalue weighted by Gasteiger charge is 2.44. The summed E-state index contributed by atoms with van der Waals surface area (Å²) in [6.07, 6.45) is -0.377. The number of ketones is 1. The molecule has 0 aliphatic carbocycles. The SMILES string of the molecule is CCOC(=O)C(C#N)(CC(=O)c1ccc(F)cc1)c1ccccc1. The third kappa shape index (κ3) is 3.49. The summed E-state index contributed by atoms with van der Waals surface area (Å²) >= 11 is 0. The van der Waals surface area contributed by atoms with Crippen LogP contribution in [0.1, 0.15) is 29.3 Å². The van der Waals surface area contributed by atoms with Gasteiger partial charge in [-0.05, 0) is 36.8 Å². The zero-order valence-electron chi connectivity index (χ0n) is 13.2. The minimum atomic E-state index is -1.73. The lowest BCUT2D eigenvalue weighted by atomic mass is 9.76. The number of carbonyl (C=O) groups excluding carboxylic acids is 2. The van der Waals surface area contributed by atoms with Gasteiger partial charge in [0.25, 0.3) is 0 Å². The van der Waals surface area contributed by atoms with Crippen LogP contribution in [0, 0.1) is 17.1 Å². The van der Waals surface area contributed by atoms with Crippen LogP contribution in [0.15, 0.2) is 54.6 Å². The third-order valence-electron chi connectivity index (χ3n) is 3.67. The van der Waals surface area contributed by atoms with Crippen LogP contribution in [0.2, 0.25) is 0 Å². The molecule has 1 atom stereocenters. The van der Waals surface area contributed by atoms with Gasteiger partial charge in [-0.3, -0.25) is 4.79 Å². The summed E-state index contributed by atoms with van der Waals surface area (Å²) in [7, 11) is 0. The van der Waals surface area contributed by atoms with Gasteiger partial charge in [-0.15, -0.1) is 0 Å². The third-order valence-corrected chi connectivity index (χ3v) is 3.67. The van der Waals surface area contributed by atoms with Gasteiger partial charge in [0.05, 0.1) is 12.7 Å². The molecule has 2 rings (SSSR count). The van der Waals surface area contributed by atoms with E-state index in [1.807, 2.05) is 6.07 Å². The zero-order chi connectivity index (χ0) is 17.6. The first-order valence-electron chi connectivity index (χ1n) is 7.46. The fourth-order valence-electron chi connectivity index (χ4n) is 2.40. The Bertz CT molecular complexity index is 765. The number of rotatable bonds is 6. The minimum absolute atomic E-state index is 0.0971. The van der Waals surface area contributed by atoms with Crippen LogP contribution < -0.4 is 0 Å². The van der Waals surface area contributed by atoms with Crippen LogP contribution in [0.25, 0.3) is 0 Å². The van der Waals surface area contributed by atoms with Crippen molar-refractivity contribution in [2.45, 2.75) is 18.8 Å². The topological polar surface area (TPSA) is 67.2 Å². The molecule has 5 heteroatoms. The molecule has 0 bridgehead atoms. The number of hydrogen-bond acceptors (Lipinski definition) is 4. The standard InChI is InChI=1S/C19H16FNO3/c1-2-24-18(23)19(13-21,15-6-4-3-5-7-15)12-17(22)14-8-10-16(20)11-9-14/h3-11H,2,12H2,1H3. The molecule has 0 radical (unpaired) electrons. The molecule has 2 aromatic rings. The van der Waals surface area contributed by atoms with Gasteiger partial charge in [0.15, 0.2) is 11.2 Å². The van der Waals surface area contributed by atoms with Crippen molar-refractivity contribution >= 4 is 11.8 Å². The average Bonchev–Trinajstić information content (AvgIpc) is 2.61. The molecule has 0 aromatic heterocycles. The molecule has 1 unspecified atom stereocenters. The van der Waals surface area contributed by atoms with E-state index in [-0.39, 0.29) is 18.6 Å². The predicted molar refractivity (Wildman–Crippen MR) is 85.7 cm³/mol. The van der Waals surface area contributed by atoms with Crippen molar-refractivity contribution < 1.29 is 18.7 Å². The molecular weight excluding hydrogens is 309 g/mol. The smallest absolute Gasteiger partial charge is 0.331 e. The Hall–Kier alpha value is -3.00. The number of hydrogen-bond donors (Lipinski definition) is 0. The lowest BCUT2D eigenvalue weighted by Gasteiger charge is -2.24. The quantitative estimate of drug-likeness (QED) is 0.603. The number of nitrogens with zero attached hydrogens (tertiary/aromatic N) is 1. The van der Waals surface area contributed by atoms with Gasteiger partial charge in [-0.25, -0.2) is 9.18 Å². The van der Waals surface area contributed by atoms with Gasteiger partial charge >= 0.3 is 5.97 Å². The summed E-state index contributed by atoms with van der Waals surface area (Å²) in [4.78, 5) is 25.0. The molecule has 0 fully saturated rings. The molecule has 0 aliphatic heterocycles. The zero-order valence-corrected chi connectivity index (χ0v) is 13.2. The summed E-state index contributed by atoms with van der Waals surface area (Å²) in [5.41, 5.74) is -1.11. The lowest BCUT2D eigenvalue weighted by molar-refractivity contribution is -0.147. The highest BCUT2D eigenvalue weighted by molar-refractivity contribution is 6.02. The lowest BCUT2D eigenvalue weighted by Crippen LogP contribution is -2.38. The van der Waals surface area contributed by atoms with E-state index in [1.165, 1.54) is 12.1 Å². The Morgan fingerprint density at radius 3 is 2.29 bits per heavy atom. The van der Waals surface area contributed by atoms with Crippen molar-refractivity contribution in [3.8, 4) is 6.07 Å². The number of esters is 1. The number of carbonyl (C=O) groups is 2. The first-order chi connectivity index (χ1) is 11.5. The van der Waals surface area contributed by atoms with E-state index in [4.69, 9.17) is 4.74 Å². The normalized spacial score (nSPS) is 12.7. The second kappa shape index (κ2) is 7.51. The number of benzene rings is 2. The summed E-state index contributed by atoms with van der Waals surface area (Å²) in [5.74, 6) is -1.67. The Balaban J connectivity index is 2.43. The molecule has 122 valence electrons. The Kier molecular flexibility index (Phi) is 5.43. The van der Waals surface area contributed by atoms with E-state index >= 15 is 0 Å². The Morgan fingerprint density at radius 1 is 1.12 bits per heavy atom. The van der Waals surface area contributed by atoms with E-state index in [2.05, 4.69) is 0 Å². The molecule has 2 aromatic carbocycles. The maximum Gasteiger partial charge on any atom is 0.331 e. The molecule has 0 amide bonds. The highest BCUT2D eigenvalue weighted by Crippen LogP contribution is 2.31. The van der Waals surface area contributed by atoms with Gasteiger partial charge in [-0.2, -0.15) is 5.26 Å². The first-order valence-corrected chi connectivity index (χ1v) is 7.46. The van der Waals surface area contributed by atoms with E-state index in [9.17, 15) is 19.2 Å². The van der Waals surface area contributed by atoms with Crippen LogP contribution in [0.3, 0.4) is 0 Å². The Morgan fingerprint density at radius 2 is 1.75 bits per heavy atom. The molecule has 0 aliphatic rings. The summed E-state index contributed by atoms with van der Waals surface area (Å²) in [5, 5.41) is 9.70. The van der Waals surface area contributed by atoms with E-state index in [1.54, 1.807) is 37.3 Å². The molecule has 24 heavy (non-hydrogen) atoms. The first kappa shape index (κ1) is 17.4. The second-order valence-corrected chi connectivity index (χ2v) is 5.21. The van der Waals surface area contributed by atoms with Crippen molar-refractivity contribution in [1.82, 2.24) is 0 Å². The van der Waals surface area contributed by atoms with Crippen LogP contribution in [-0.4, -0.2) is 18.4 Å². The Labute approximate surface area is 139 Å². The molecule has 0 spiro atoms. The van der Waals surface area contributed by atoms with Crippen LogP contribution >= 0.6 is 0 Å². The summed E-state index contributed by atoms with van der Waals surface area (Å²) in [6.45, 7) is 1.73. The molecule has 0 heterocycles. The summed E-state index contributed by atoms with van der Waals surface area (Å²) < 4.78 is 18.0. The number of Topliss-reactive ketones (excluding diaryl/α,β-unsaturated/α-hetero) is 1. The van der Waals surface area contributed by atoms with Gasteiger partial charge < -0.3 is 4.74 Å². The summed E-state index contributed by atoms with van der Waals surface area (Å²) in [6, 6.07) is 15.3. The molecule has 0 saturated heterocycles. The predicted octanol–water partition coefficient (Wildman–Crippen LogP) is 3.42. The van der Waals surface area contributed by atoms with Gasteiger partial charge in [-0.1, -0.05) is 30.3 Å². The fraction of sp³-hybridized carbons (Fsp3) is 0.211. The van der Waals surface area contributed by atoms with Crippen molar-refractivity contribution in [2.24, 2.45) is 0 Å². The maximum absolute atomic E-state index is 13.0. The van der Waals surface area contributed by atoms with Gasteiger partial charge in [0.2, 0.25) is 0 Å². The number of nitriles is 1. The van der Waals surface area contributed by atoms with E-state index < -0.39 is 23.0 Å². The van der Waals surface area contributed by atoms with Gasteiger partial charge in [0, 0.05) is 12.0 Å². The van der Waals surface area contributed by atoms with Crippen molar-refractivity contribution in [2.75, 3.05) is 6.61 Å². The molecule has 0 N–H and O–H groups in total. The monoisotopic (exact) mass is 325 g/mol. The minimum Gasteiger partial charge on any atom is -0.465 e. The second-order valence-electron chi connectivity index (χ2n) is 5.21. The average molecular weight is 325 g/mol. The van der Waals surface area contributed by atoms with E-state index in [0.29, 0.717) is 5.56 Å². The number of halogens is 1. The maximum atomic E-state index is 13.0. The van der Waals surface area contributed by atoms with Crippen LogP contribution in [0.5, 0.6) is 0 Å². The highest BCUT2D eigenvalue weighted by atomic mass is 19.1. The van der Waals surface area contributed by atoms with Crippen LogP contribution in [-0.2, 0) is 14.9 Å². The van der Waals surface area contributed by atoms with Crippen LogP contribution in [0.4, 0.5) is 4.39 Å². The molecule has 0 saturated carbocycles. The molecule has 4 nitrogen and oxygen atoms in total. The van der Waals surface area contributed by atoms with Crippen molar-refractivity contribution in [3.05, 3.63) is 71.5 Å². The fourth-order valence-corrected chi connectivity index (χ4v) is 2.40. The van der Waals surface area contributed by atoms with Crippen molar-refractivity contribution in [1.29, 1.82) is 5.26 Å². The van der Waals surface area contributed by atoms with Gasteiger partial charge in [0.1, 0.15) is 5.82 Å².